The van der Waals surface area contributed by atoms with E-state index in [1.165, 1.54) is 6.54 Å². The lowest BCUT2D eigenvalue weighted by atomic mass is 10.1. The van der Waals surface area contributed by atoms with Gasteiger partial charge in [0.05, 0.1) is 13.2 Å². The van der Waals surface area contributed by atoms with Crippen molar-refractivity contribution in [1.82, 2.24) is 10.2 Å². The van der Waals surface area contributed by atoms with Crippen LogP contribution in [0, 0.1) is 11.8 Å². The van der Waals surface area contributed by atoms with Crippen molar-refractivity contribution in [2.24, 2.45) is 11.8 Å². The van der Waals surface area contributed by atoms with Crippen LogP contribution < -0.4 is 5.32 Å². The van der Waals surface area contributed by atoms with E-state index in [1.54, 1.807) is 0 Å². The number of rotatable bonds is 6. The topological polar surface area (TPSA) is 24.5 Å². The predicted molar refractivity (Wildman–Crippen MR) is 68.7 cm³/mol. The molecule has 0 aliphatic carbocycles. The highest BCUT2D eigenvalue weighted by Gasteiger charge is 2.14. The Morgan fingerprint density at radius 2 is 1.75 bits per heavy atom. The van der Waals surface area contributed by atoms with E-state index in [0.29, 0.717) is 6.04 Å². The van der Waals surface area contributed by atoms with Gasteiger partial charge in [0.2, 0.25) is 0 Å². The first-order valence-corrected chi connectivity index (χ1v) is 6.63. The Bertz CT molecular complexity index is 179. The van der Waals surface area contributed by atoms with E-state index in [4.69, 9.17) is 4.74 Å². The van der Waals surface area contributed by atoms with Crippen LogP contribution in [-0.4, -0.2) is 50.3 Å². The molecule has 0 bridgehead atoms. The van der Waals surface area contributed by atoms with Crippen molar-refractivity contribution in [3.05, 3.63) is 0 Å². The maximum absolute atomic E-state index is 5.35. The molecule has 1 rings (SSSR count). The standard InChI is InChI=1S/C13H28N2O/c1-11(2)13(4)14-9-12(3)10-15-5-7-16-8-6-15/h11-14H,5-10H2,1-4H3. The molecule has 1 N–H and O–H groups in total. The molecule has 0 saturated carbocycles. The molecule has 96 valence electrons. The summed E-state index contributed by atoms with van der Waals surface area (Å²) in [5.41, 5.74) is 0. The molecular formula is C13H28N2O. The van der Waals surface area contributed by atoms with Crippen LogP contribution in [0.2, 0.25) is 0 Å². The normalized spacial score (nSPS) is 22.3. The molecule has 1 fully saturated rings. The summed E-state index contributed by atoms with van der Waals surface area (Å²) in [4.78, 5) is 2.51. The number of hydrogen-bond donors (Lipinski definition) is 1. The second-order valence-corrected chi connectivity index (χ2v) is 5.46. The van der Waals surface area contributed by atoms with Gasteiger partial charge in [-0.3, -0.25) is 4.90 Å². The fraction of sp³-hybridized carbons (Fsp3) is 1.00. The van der Waals surface area contributed by atoms with Crippen LogP contribution in [-0.2, 0) is 4.74 Å². The van der Waals surface area contributed by atoms with E-state index < -0.39 is 0 Å². The Hall–Kier alpha value is -0.120. The second kappa shape index (κ2) is 7.25. The first kappa shape index (κ1) is 13.9. The minimum atomic E-state index is 0.618. The van der Waals surface area contributed by atoms with Gasteiger partial charge in [-0.1, -0.05) is 20.8 Å². The molecule has 1 heterocycles. The van der Waals surface area contributed by atoms with Crippen LogP contribution in [0.3, 0.4) is 0 Å². The summed E-state index contributed by atoms with van der Waals surface area (Å²) in [6, 6.07) is 0.618. The van der Waals surface area contributed by atoms with E-state index in [9.17, 15) is 0 Å². The number of morpholine rings is 1. The average Bonchev–Trinajstić information content (AvgIpc) is 2.27. The van der Waals surface area contributed by atoms with Crippen molar-refractivity contribution in [2.45, 2.75) is 33.7 Å². The van der Waals surface area contributed by atoms with Crippen LogP contribution in [0.1, 0.15) is 27.7 Å². The van der Waals surface area contributed by atoms with Crippen LogP contribution in [0.4, 0.5) is 0 Å². The summed E-state index contributed by atoms with van der Waals surface area (Å²) < 4.78 is 5.35. The van der Waals surface area contributed by atoms with Gasteiger partial charge in [0.1, 0.15) is 0 Å². The quantitative estimate of drug-likeness (QED) is 0.747. The average molecular weight is 228 g/mol. The molecule has 1 saturated heterocycles. The Balaban J connectivity index is 2.12. The van der Waals surface area contributed by atoms with Gasteiger partial charge in [-0.05, 0) is 25.3 Å². The summed E-state index contributed by atoms with van der Waals surface area (Å²) in [5, 5.41) is 3.61. The van der Waals surface area contributed by atoms with Gasteiger partial charge in [-0.2, -0.15) is 0 Å². The maximum Gasteiger partial charge on any atom is 0.0594 e. The van der Waals surface area contributed by atoms with E-state index in [0.717, 1.165) is 44.7 Å². The van der Waals surface area contributed by atoms with Crippen LogP contribution in [0.5, 0.6) is 0 Å². The summed E-state index contributed by atoms with van der Waals surface area (Å²) in [6.07, 6.45) is 0. The van der Waals surface area contributed by atoms with Crippen molar-refractivity contribution in [3.63, 3.8) is 0 Å². The minimum Gasteiger partial charge on any atom is -0.379 e. The SMILES string of the molecule is CC(CNC(C)C(C)C)CN1CCOCC1. The third-order valence-electron chi connectivity index (χ3n) is 3.46. The van der Waals surface area contributed by atoms with Crippen LogP contribution in [0.15, 0.2) is 0 Å². The molecule has 0 amide bonds. The van der Waals surface area contributed by atoms with E-state index in [2.05, 4.69) is 37.9 Å². The molecule has 0 aromatic carbocycles. The molecule has 0 radical (unpaired) electrons. The van der Waals surface area contributed by atoms with Crippen molar-refractivity contribution >= 4 is 0 Å². The second-order valence-electron chi connectivity index (χ2n) is 5.46. The van der Waals surface area contributed by atoms with E-state index >= 15 is 0 Å². The van der Waals surface area contributed by atoms with Gasteiger partial charge >= 0.3 is 0 Å². The molecule has 1 aliphatic heterocycles. The van der Waals surface area contributed by atoms with Crippen LogP contribution >= 0.6 is 0 Å². The number of nitrogens with one attached hydrogen (secondary N) is 1. The van der Waals surface area contributed by atoms with Gasteiger partial charge in [0.15, 0.2) is 0 Å². The van der Waals surface area contributed by atoms with Gasteiger partial charge in [0.25, 0.3) is 0 Å². The zero-order valence-corrected chi connectivity index (χ0v) is 11.3. The lowest BCUT2D eigenvalue weighted by Gasteiger charge is -2.30. The highest BCUT2D eigenvalue weighted by molar-refractivity contribution is 4.70. The molecule has 3 nitrogen and oxygen atoms in total. The lowest BCUT2D eigenvalue weighted by Crippen LogP contribution is -2.42. The monoisotopic (exact) mass is 228 g/mol. The van der Waals surface area contributed by atoms with Crippen LogP contribution in [0.25, 0.3) is 0 Å². The highest BCUT2D eigenvalue weighted by Crippen LogP contribution is 2.05. The Labute approximate surface area is 101 Å². The molecule has 0 aromatic heterocycles. The molecule has 0 spiro atoms. The highest BCUT2D eigenvalue weighted by atomic mass is 16.5. The first-order chi connectivity index (χ1) is 7.59. The number of hydrogen-bond acceptors (Lipinski definition) is 3. The smallest absolute Gasteiger partial charge is 0.0594 e. The van der Waals surface area contributed by atoms with Gasteiger partial charge in [-0.15, -0.1) is 0 Å². The van der Waals surface area contributed by atoms with Gasteiger partial charge < -0.3 is 10.1 Å². The fourth-order valence-electron chi connectivity index (χ4n) is 1.91. The summed E-state index contributed by atoms with van der Waals surface area (Å²) in [5.74, 6) is 1.44. The summed E-state index contributed by atoms with van der Waals surface area (Å²) in [7, 11) is 0. The molecule has 2 atom stereocenters. The Morgan fingerprint density at radius 1 is 1.12 bits per heavy atom. The van der Waals surface area contributed by atoms with Crippen molar-refractivity contribution in [3.8, 4) is 0 Å². The maximum atomic E-state index is 5.35. The number of ether oxygens (including phenoxy) is 1. The molecule has 2 unspecified atom stereocenters. The zero-order chi connectivity index (χ0) is 12.0. The van der Waals surface area contributed by atoms with Crippen molar-refractivity contribution in [2.75, 3.05) is 39.4 Å². The third-order valence-corrected chi connectivity index (χ3v) is 3.46. The zero-order valence-electron chi connectivity index (χ0n) is 11.3. The lowest BCUT2D eigenvalue weighted by molar-refractivity contribution is 0.0316. The van der Waals surface area contributed by atoms with Gasteiger partial charge in [-0.25, -0.2) is 0 Å². The molecule has 0 aromatic rings. The van der Waals surface area contributed by atoms with Crippen molar-refractivity contribution in [1.29, 1.82) is 0 Å². The Morgan fingerprint density at radius 3 is 2.31 bits per heavy atom. The predicted octanol–water partition coefficient (Wildman–Crippen LogP) is 1.59. The minimum absolute atomic E-state index is 0.618. The molecular weight excluding hydrogens is 200 g/mol. The summed E-state index contributed by atoms with van der Waals surface area (Å²) in [6.45, 7) is 15.5. The summed E-state index contributed by atoms with van der Waals surface area (Å²) >= 11 is 0. The van der Waals surface area contributed by atoms with E-state index in [-0.39, 0.29) is 0 Å². The Kier molecular flexibility index (Phi) is 6.32. The molecule has 16 heavy (non-hydrogen) atoms. The largest absolute Gasteiger partial charge is 0.379 e. The third kappa shape index (κ3) is 5.28. The van der Waals surface area contributed by atoms with Gasteiger partial charge in [0, 0.05) is 25.7 Å². The molecule has 1 aliphatic rings. The van der Waals surface area contributed by atoms with E-state index in [1.807, 2.05) is 0 Å². The number of nitrogens with zero attached hydrogens (tertiary/aromatic N) is 1. The first-order valence-electron chi connectivity index (χ1n) is 6.63. The fourth-order valence-corrected chi connectivity index (χ4v) is 1.91. The van der Waals surface area contributed by atoms with Crippen molar-refractivity contribution < 1.29 is 4.74 Å². The molecule has 3 heteroatoms.